The number of aromatic nitrogens is 3. The Balaban J connectivity index is 1.70. The molecule has 0 aliphatic rings. The molecule has 2 N–H and O–H groups in total. The van der Waals surface area contributed by atoms with Gasteiger partial charge >= 0.3 is 0 Å². The van der Waals surface area contributed by atoms with Crippen molar-refractivity contribution in [3.8, 4) is 17.2 Å². The largest absolute Gasteiger partial charge is 0.497 e. The third-order valence-electron chi connectivity index (χ3n) is 4.68. The van der Waals surface area contributed by atoms with Crippen LogP contribution >= 0.6 is 0 Å². The Bertz CT molecular complexity index is 1130. The molecule has 28 heavy (non-hydrogen) atoms. The molecule has 0 aliphatic carbocycles. The van der Waals surface area contributed by atoms with Crippen LogP contribution in [0.4, 0.5) is 5.69 Å². The van der Waals surface area contributed by atoms with Crippen molar-refractivity contribution in [2.75, 3.05) is 12.8 Å². The molecule has 0 atom stereocenters. The van der Waals surface area contributed by atoms with E-state index in [1.165, 1.54) is 0 Å². The van der Waals surface area contributed by atoms with E-state index in [0.717, 1.165) is 45.1 Å². The van der Waals surface area contributed by atoms with Gasteiger partial charge in [0.2, 0.25) is 0 Å². The number of methoxy groups -OCH3 is 1. The van der Waals surface area contributed by atoms with Crippen LogP contribution in [0.15, 0.2) is 54.7 Å². The Morgan fingerprint density at radius 2 is 1.79 bits per heavy atom. The van der Waals surface area contributed by atoms with E-state index in [1.54, 1.807) is 13.3 Å². The minimum atomic E-state index is 0.617. The summed E-state index contributed by atoms with van der Waals surface area (Å²) in [5, 5.41) is 5.60. The number of nitrogens with zero attached hydrogens (tertiary/aromatic N) is 3. The molecule has 0 bridgehead atoms. The maximum atomic E-state index is 6.19. The van der Waals surface area contributed by atoms with E-state index in [4.69, 9.17) is 15.2 Å². The van der Waals surface area contributed by atoms with E-state index in [2.05, 4.69) is 10.1 Å². The topological polar surface area (TPSA) is 75.2 Å². The molecular weight excluding hydrogens is 352 g/mol. The SMILES string of the molecule is COc1ccc(Cn2nc(C)c3c(Oc4ccc(N)cc4C)ccnc32)cc1. The maximum Gasteiger partial charge on any atom is 0.162 e. The highest BCUT2D eigenvalue weighted by atomic mass is 16.5. The summed E-state index contributed by atoms with van der Waals surface area (Å²) in [5.74, 6) is 2.33. The third kappa shape index (κ3) is 3.36. The van der Waals surface area contributed by atoms with E-state index in [1.807, 2.05) is 67.1 Å². The van der Waals surface area contributed by atoms with Gasteiger partial charge in [-0.3, -0.25) is 0 Å². The lowest BCUT2D eigenvalue weighted by Gasteiger charge is -2.10. The molecule has 2 aromatic carbocycles. The molecule has 142 valence electrons. The van der Waals surface area contributed by atoms with Crippen molar-refractivity contribution in [3.63, 3.8) is 0 Å². The van der Waals surface area contributed by atoms with E-state index < -0.39 is 0 Å². The Hall–Kier alpha value is -3.54. The van der Waals surface area contributed by atoms with E-state index in [-0.39, 0.29) is 0 Å². The molecule has 0 saturated carbocycles. The van der Waals surface area contributed by atoms with Crippen molar-refractivity contribution in [2.45, 2.75) is 20.4 Å². The van der Waals surface area contributed by atoms with Crippen molar-refractivity contribution >= 4 is 16.7 Å². The summed E-state index contributed by atoms with van der Waals surface area (Å²) in [7, 11) is 1.66. The van der Waals surface area contributed by atoms with Crippen molar-refractivity contribution in [3.05, 3.63) is 71.5 Å². The maximum absolute atomic E-state index is 6.19. The zero-order valence-corrected chi connectivity index (χ0v) is 16.1. The standard InChI is InChI=1S/C22H22N4O2/c1-14-12-17(23)6-9-19(14)28-20-10-11-24-22-21(20)15(2)25-26(22)13-16-4-7-18(27-3)8-5-16/h4-12H,13,23H2,1-3H3. The normalized spacial score (nSPS) is 11.0. The van der Waals surface area contributed by atoms with Crippen molar-refractivity contribution in [1.29, 1.82) is 0 Å². The van der Waals surface area contributed by atoms with Gasteiger partial charge in [0, 0.05) is 11.9 Å². The highest BCUT2D eigenvalue weighted by Gasteiger charge is 2.15. The van der Waals surface area contributed by atoms with Crippen LogP contribution in [0.3, 0.4) is 0 Å². The minimum Gasteiger partial charge on any atom is -0.497 e. The van der Waals surface area contributed by atoms with E-state index >= 15 is 0 Å². The molecule has 0 saturated heterocycles. The first-order valence-corrected chi connectivity index (χ1v) is 9.04. The van der Waals surface area contributed by atoms with Gasteiger partial charge in [-0.2, -0.15) is 5.10 Å². The van der Waals surface area contributed by atoms with Gasteiger partial charge in [-0.15, -0.1) is 0 Å². The molecule has 0 spiro atoms. The molecule has 4 rings (SSSR count). The second-order valence-corrected chi connectivity index (χ2v) is 6.73. The molecule has 0 unspecified atom stereocenters. The van der Waals surface area contributed by atoms with Crippen LogP contribution in [0.2, 0.25) is 0 Å². The van der Waals surface area contributed by atoms with Gasteiger partial charge in [0.05, 0.1) is 24.7 Å². The average Bonchev–Trinajstić information content (AvgIpc) is 3.01. The fourth-order valence-corrected chi connectivity index (χ4v) is 3.25. The zero-order valence-electron chi connectivity index (χ0n) is 16.1. The molecule has 6 nitrogen and oxygen atoms in total. The molecule has 0 aliphatic heterocycles. The summed E-state index contributed by atoms with van der Waals surface area (Å²) in [6, 6.07) is 15.4. The number of nitrogens with two attached hydrogens (primary N) is 1. The first-order valence-electron chi connectivity index (χ1n) is 9.04. The number of anilines is 1. The minimum absolute atomic E-state index is 0.617. The number of rotatable bonds is 5. The number of nitrogen functional groups attached to an aromatic ring is 1. The van der Waals surface area contributed by atoms with Crippen LogP contribution in [0, 0.1) is 13.8 Å². The molecule has 0 radical (unpaired) electrons. The predicted molar refractivity (Wildman–Crippen MR) is 110 cm³/mol. The summed E-state index contributed by atoms with van der Waals surface area (Å²) >= 11 is 0. The fraction of sp³-hybridized carbons (Fsp3) is 0.182. The predicted octanol–water partition coefficient (Wildman–Crippen LogP) is 4.48. The monoisotopic (exact) mass is 374 g/mol. The molecule has 4 aromatic rings. The Morgan fingerprint density at radius 3 is 2.50 bits per heavy atom. The first kappa shape index (κ1) is 17.9. The Morgan fingerprint density at radius 1 is 1.00 bits per heavy atom. The second-order valence-electron chi connectivity index (χ2n) is 6.73. The van der Waals surface area contributed by atoms with E-state index in [0.29, 0.717) is 12.2 Å². The number of hydrogen-bond donors (Lipinski definition) is 1. The summed E-state index contributed by atoms with van der Waals surface area (Å²) in [4.78, 5) is 4.55. The van der Waals surface area contributed by atoms with Gasteiger partial charge in [0.25, 0.3) is 0 Å². The fourth-order valence-electron chi connectivity index (χ4n) is 3.25. The quantitative estimate of drug-likeness (QED) is 0.521. The number of hydrogen-bond acceptors (Lipinski definition) is 5. The van der Waals surface area contributed by atoms with Gasteiger partial charge in [0.15, 0.2) is 5.65 Å². The van der Waals surface area contributed by atoms with Crippen LogP contribution in [-0.2, 0) is 6.54 Å². The molecule has 0 fully saturated rings. The lowest BCUT2D eigenvalue weighted by atomic mass is 10.2. The van der Waals surface area contributed by atoms with Gasteiger partial charge < -0.3 is 15.2 Å². The van der Waals surface area contributed by atoms with Crippen LogP contribution < -0.4 is 15.2 Å². The van der Waals surface area contributed by atoms with Crippen LogP contribution in [0.25, 0.3) is 11.0 Å². The molecule has 2 aromatic heterocycles. The van der Waals surface area contributed by atoms with Gasteiger partial charge in [0.1, 0.15) is 17.2 Å². The van der Waals surface area contributed by atoms with Crippen LogP contribution in [-0.4, -0.2) is 21.9 Å². The van der Waals surface area contributed by atoms with Crippen LogP contribution in [0.5, 0.6) is 17.2 Å². The number of ether oxygens (including phenoxy) is 2. The van der Waals surface area contributed by atoms with Crippen molar-refractivity contribution < 1.29 is 9.47 Å². The van der Waals surface area contributed by atoms with Crippen LogP contribution in [0.1, 0.15) is 16.8 Å². The number of benzene rings is 2. The molecule has 0 amide bonds. The molecular formula is C22H22N4O2. The lowest BCUT2D eigenvalue weighted by Crippen LogP contribution is -2.03. The Kier molecular flexibility index (Phi) is 4.61. The lowest BCUT2D eigenvalue weighted by molar-refractivity contribution is 0.414. The number of aryl methyl sites for hydroxylation is 2. The number of pyridine rings is 1. The highest BCUT2D eigenvalue weighted by molar-refractivity contribution is 5.85. The zero-order chi connectivity index (χ0) is 19.7. The third-order valence-corrected chi connectivity index (χ3v) is 4.68. The summed E-state index contributed by atoms with van der Waals surface area (Å²) in [6.45, 7) is 4.56. The van der Waals surface area contributed by atoms with Gasteiger partial charge in [-0.1, -0.05) is 12.1 Å². The van der Waals surface area contributed by atoms with Crippen molar-refractivity contribution in [1.82, 2.24) is 14.8 Å². The number of fused-ring (bicyclic) bond motifs is 1. The first-order chi connectivity index (χ1) is 13.5. The smallest absolute Gasteiger partial charge is 0.162 e. The summed E-state index contributed by atoms with van der Waals surface area (Å²) in [5.41, 5.74) is 10.3. The summed E-state index contributed by atoms with van der Waals surface area (Å²) < 4.78 is 13.3. The van der Waals surface area contributed by atoms with Gasteiger partial charge in [-0.05, 0) is 61.4 Å². The highest BCUT2D eigenvalue weighted by Crippen LogP contribution is 2.33. The second kappa shape index (κ2) is 7.23. The average molecular weight is 374 g/mol. The van der Waals surface area contributed by atoms with Gasteiger partial charge in [-0.25, -0.2) is 9.67 Å². The summed E-state index contributed by atoms with van der Waals surface area (Å²) in [6.07, 6.45) is 1.75. The molecule has 2 heterocycles. The van der Waals surface area contributed by atoms with E-state index in [9.17, 15) is 0 Å². The molecule has 6 heteroatoms. The van der Waals surface area contributed by atoms with Crippen molar-refractivity contribution in [2.24, 2.45) is 0 Å². The Labute approximate surface area is 163 Å².